The van der Waals surface area contributed by atoms with Crippen LogP contribution in [0, 0.1) is 13.8 Å². The van der Waals surface area contributed by atoms with Crippen molar-refractivity contribution in [2.75, 3.05) is 6.16 Å². The molecule has 0 radical (unpaired) electrons. The summed E-state index contributed by atoms with van der Waals surface area (Å²) in [5.74, 6) is 0. The maximum Gasteiger partial charge on any atom is -0.0266 e. The van der Waals surface area contributed by atoms with E-state index in [0.29, 0.717) is 0 Å². The minimum atomic E-state index is 0. The normalized spacial score (nSPS) is 10.4. The first-order chi connectivity index (χ1) is 5.72. The summed E-state index contributed by atoms with van der Waals surface area (Å²) in [5.41, 5.74) is 2.79. The van der Waals surface area contributed by atoms with Crippen LogP contribution in [0.1, 0.15) is 24.5 Å². The predicted octanol–water partition coefficient (Wildman–Crippen LogP) is 3.60. The molecule has 0 aromatic heterocycles. The van der Waals surface area contributed by atoms with Gasteiger partial charge in [0.2, 0.25) is 0 Å². The summed E-state index contributed by atoms with van der Waals surface area (Å²) in [6.07, 6.45) is 2.63. The van der Waals surface area contributed by atoms with E-state index in [2.05, 4.69) is 39.0 Å². The summed E-state index contributed by atoms with van der Waals surface area (Å²) in [6, 6.07) is 6.85. The molecule has 0 saturated heterocycles. The monoisotopic (exact) mass is 260 g/mol. The third-order valence-electron chi connectivity index (χ3n) is 1.80. The second-order valence-electron chi connectivity index (χ2n) is 3.30. The lowest BCUT2D eigenvalue weighted by molar-refractivity contribution is 1.10. The van der Waals surface area contributed by atoms with Gasteiger partial charge in [0.25, 0.3) is 0 Å². The predicted molar refractivity (Wildman–Crippen MR) is 69.3 cm³/mol. The van der Waals surface area contributed by atoms with Crippen molar-refractivity contribution in [3.63, 3.8) is 0 Å². The first kappa shape index (κ1) is 13.1. The minimum Gasteiger partial charge on any atom is -0.114 e. The van der Waals surface area contributed by atoms with Gasteiger partial charge in [-0.05, 0) is 25.3 Å². The van der Waals surface area contributed by atoms with Crippen molar-refractivity contribution in [2.45, 2.75) is 27.2 Å². The number of aryl methyl sites for hydroxylation is 2. The van der Waals surface area contributed by atoms with Crippen LogP contribution < -0.4 is 5.30 Å². The van der Waals surface area contributed by atoms with Crippen LogP contribution in [-0.2, 0) is 0 Å². The van der Waals surface area contributed by atoms with Gasteiger partial charge >= 0.3 is 0 Å². The summed E-state index contributed by atoms with van der Waals surface area (Å²) in [7, 11) is 0.997. The molecule has 0 aliphatic carbocycles. The molecule has 0 fully saturated rings. The lowest BCUT2D eigenvalue weighted by atomic mass is 10.2. The lowest BCUT2D eigenvalue weighted by Gasteiger charge is -2.03. The molecular weight excluding hydrogens is 243 g/mol. The summed E-state index contributed by atoms with van der Waals surface area (Å²) in [5, 5.41) is 1.52. The number of hydrogen-bond donors (Lipinski definition) is 0. The Morgan fingerprint density at radius 1 is 1.08 bits per heavy atom. The molecule has 1 atom stereocenters. The molecule has 13 heavy (non-hydrogen) atoms. The van der Waals surface area contributed by atoms with E-state index in [1.54, 1.807) is 0 Å². The second kappa shape index (κ2) is 6.56. The van der Waals surface area contributed by atoms with E-state index in [-0.39, 0.29) is 17.0 Å². The Morgan fingerprint density at radius 3 is 2.08 bits per heavy atom. The number of halogens is 1. The SMILES string of the molecule is Br.CCCPc1cc(C)cc(C)c1. The summed E-state index contributed by atoms with van der Waals surface area (Å²) in [6.45, 7) is 6.59. The van der Waals surface area contributed by atoms with Crippen molar-refractivity contribution in [1.82, 2.24) is 0 Å². The maximum absolute atomic E-state index is 2.31. The molecule has 0 saturated carbocycles. The van der Waals surface area contributed by atoms with Crippen LogP contribution >= 0.6 is 25.6 Å². The van der Waals surface area contributed by atoms with Gasteiger partial charge in [0.1, 0.15) is 0 Å². The van der Waals surface area contributed by atoms with Gasteiger partial charge in [-0.15, -0.1) is 17.0 Å². The van der Waals surface area contributed by atoms with E-state index in [4.69, 9.17) is 0 Å². The largest absolute Gasteiger partial charge is 0.114 e. The molecule has 1 aromatic carbocycles. The van der Waals surface area contributed by atoms with Gasteiger partial charge < -0.3 is 0 Å². The molecule has 0 bridgehead atoms. The first-order valence-electron chi connectivity index (χ1n) is 4.54. The molecule has 1 rings (SSSR count). The number of benzene rings is 1. The highest BCUT2D eigenvalue weighted by molar-refractivity contribution is 8.93. The fraction of sp³-hybridized carbons (Fsp3) is 0.455. The van der Waals surface area contributed by atoms with E-state index in [9.17, 15) is 0 Å². The molecule has 0 N–H and O–H groups in total. The minimum absolute atomic E-state index is 0. The summed E-state index contributed by atoms with van der Waals surface area (Å²) >= 11 is 0. The molecule has 0 aliphatic rings. The van der Waals surface area contributed by atoms with Crippen molar-refractivity contribution < 1.29 is 0 Å². The summed E-state index contributed by atoms with van der Waals surface area (Å²) < 4.78 is 0. The molecule has 1 unspecified atom stereocenters. The Labute approximate surface area is 93.7 Å². The van der Waals surface area contributed by atoms with Gasteiger partial charge in [-0.1, -0.05) is 51.3 Å². The van der Waals surface area contributed by atoms with Gasteiger partial charge in [0.15, 0.2) is 0 Å². The average molecular weight is 261 g/mol. The Balaban J connectivity index is 0.00000144. The van der Waals surface area contributed by atoms with E-state index in [0.717, 1.165) is 8.58 Å². The molecule has 0 amide bonds. The van der Waals surface area contributed by atoms with Gasteiger partial charge in [0.05, 0.1) is 0 Å². The van der Waals surface area contributed by atoms with Gasteiger partial charge in [-0.2, -0.15) is 0 Å². The van der Waals surface area contributed by atoms with Gasteiger partial charge in [-0.25, -0.2) is 0 Å². The van der Waals surface area contributed by atoms with Crippen molar-refractivity contribution in [2.24, 2.45) is 0 Å². The molecule has 1 aromatic rings. The van der Waals surface area contributed by atoms with Crippen molar-refractivity contribution in [3.8, 4) is 0 Å². The van der Waals surface area contributed by atoms with Crippen LogP contribution in [0.2, 0.25) is 0 Å². The molecule has 74 valence electrons. The zero-order chi connectivity index (χ0) is 8.97. The fourth-order valence-electron chi connectivity index (χ4n) is 1.35. The van der Waals surface area contributed by atoms with E-state index < -0.39 is 0 Å². The average Bonchev–Trinajstić information content (AvgIpc) is 1.99. The van der Waals surface area contributed by atoms with Crippen LogP contribution in [-0.4, -0.2) is 6.16 Å². The smallest absolute Gasteiger partial charge is 0.0266 e. The van der Waals surface area contributed by atoms with E-state index >= 15 is 0 Å². The quantitative estimate of drug-likeness (QED) is 0.729. The van der Waals surface area contributed by atoms with Gasteiger partial charge in [0, 0.05) is 0 Å². The zero-order valence-electron chi connectivity index (χ0n) is 8.55. The molecule has 0 spiro atoms. The Bertz CT molecular complexity index is 238. The zero-order valence-corrected chi connectivity index (χ0v) is 11.3. The van der Waals surface area contributed by atoms with Crippen LogP contribution in [0.4, 0.5) is 0 Å². The first-order valence-corrected chi connectivity index (χ1v) is 5.75. The molecule has 2 heteroatoms. The molecule has 0 heterocycles. The Morgan fingerprint density at radius 2 is 1.62 bits per heavy atom. The van der Waals surface area contributed by atoms with Crippen molar-refractivity contribution >= 4 is 30.9 Å². The highest BCUT2D eigenvalue weighted by Crippen LogP contribution is 2.13. The Hall–Kier alpha value is 0.130. The van der Waals surface area contributed by atoms with E-state index in [1.165, 1.54) is 29.0 Å². The topological polar surface area (TPSA) is 0 Å². The fourth-order valence-corrected chi connectivity index (χ4v) is 2.54. The van der Waals surface area contributed by atoms with Crippen LogP contribution in [0.25, 0.3) is 0 Å². The highest BCUT2D eigenvalue weighted by atomic mass is 79.9. The van der Waals surface area contributed by atoms with Crippen molar-refractivity contribution in [1.29, 1.82) is 0 Å². The van der Waals surface area contributed by atoms with Crippen molar-refractivity contribution in [3.05, 3.63) is 29.3 Å². The third kappa shape index (κ3) is 4.78. The van der Waals surface area contributed by atoms with Crippen LogP contribution in [0.15, 0.2) is 18.2 Å². The molecule has 0 nitrogen and oxygen atoms in total. The van der Waals surface area contributed by atoms with Crippen LogP contribution in [0.5, 0.6) is 0 Å². The van der Waals surface area contributed by atoms with Crippen LogP contribution in [0.3, 0.4) is 0 Å². The number of rotatable bonds is 3. The maximum atomic E-state index is 2.31. The second-order valence-corrected chi connectivity index (χ2v) is 4.73. The third-order valence-corrected chi connectivity index (χ3v) is 3.25. The number of hydrogen-bond acceptors (Lipinski definition) is 0. The molecular formula is C11H18BrP. The highest BCUT2D eigenvalue weighted by Gasteiger charge is 1.94. The van der Waals surface area contributed by atoms with Gasteiger partial charge in [-0.3, -0.25) is 0 Å². The van der Waals surface area contributed by atoms with E-state index in [1.807, 2.05) is 0 Å². The molecule has 0 aliphatic heterocycles. The standard InChI is InChI=1S/C11H17P.BrH/c1-4-5-12-11-7-9(2)6-10(3)8-11;/h6-8,12H,4-5H2,1-3H3;1H. The Kier molecular flexibility index (Phi) is 6.63. The lowest BCUT2D eigenvalue weighted by Crippen LogP contribution is -1.97. The summed E-state index contributed by atoms with van der Waals surface area (Å²) in [4.78, 5) is 0.